The first kappa shape index (κ1) is 14.6. The lowest BCUT2D eigenvalue weighted by atomic mass is 9.87. The van der Waals surface area contributed by atoms with Gasteiger partial charge in [-0.15, -0.1) is 0 Å². The summed E-state index contributed by atoms with van der Waals surface area (Å²) in [5.74, 6) is -0.537. The van der Waals surface area contributed by atoms with Crippen LogP contribution < -0.4 is 10.6 Å². The molecule has 0 radical (unpaired) electrons. The van der Waals surface area contributed by atoms with Crippen molar-refractivity contribution in [2.24, 2.45) is 0 Å². The van der Waals surface area contributed by atoms with E-state index in [1.54, 1.807) is 18.2 Å². The van der Waals surface area contributed by atoms with Gasteiger partial charge in [0.2, 0.25) is 5.91 Å². The minimum absolute atomic E-state index is 0.0518. The number of amides is 1. The molecule has 3 nitrogen and oxygen atoms in total. The molecule has 0 saturated carbocycles. The highest BCUT2D eigenvalue weighted by molar-refractivity contribution is 5.86. The van der Waals surface area contributed by atoms with Crippen LogP contribution in [-0.4, -0.2) is 11.9 Å². The van der Waals surface area contributed by atoms with Crippen molar-refractivity contribution in [3.8, 4) is 0 Å². The molecule has 2 atom stereocenters. The van der Waals surface area contributed by atoms with Crippen molar-refractivity contribution in [3.63, 3.8) is 0 Å². The molecule has 0 saturated heterocycles. The fraction of sp³-hybridized carbons (Fsp3) is 0.278. The van der Waals surface area contributed by atoms with Crippen LogP contribution in [-0.2, 0) is 11.3 Å². The second kappa shape index (κ2) is 6.18. The SMILES string of the molecule is CC1CC(C(=O)NCc2ccccc2F)c2ccccc2N1. The largest absolute Gasteiger partial charge is 0.382 e. The second-order valence-electron chi connectivity index (χ2n) is 5.73. The van der Waals surface area contributed by atoms with Gasteiger partial charge in [0, 0.05) is 23.8 Å². The number of carbonyl (C=O) groups excluding carboxylic acids is 1. The topological polar surface area (TPSA) is 41.1 Å². The zero-order valence-corrected chi connectivity index (χ0v) is 12.5. The summed E-state index contributed by atoms with van der Waals surface area (Å²) in [4.78, 5) is 12.5. The van der Waals surface area contributed by atoms with Crippen LogP contribution in [0.15, 0.2) is 48.5 Å². The Balaban J connectivity index is 1.74. The van der Waals surface area contributed by atoms with Gasteiger partial charge in [-0.25, -0.2) is 4.39 Å². The van der Waals surface area contributed by atoms with Crippen molar-refractivity contribution < 1.29 is 9.18 Å². The van der Waals surface area contributed by atoms with E-state index in [4.69, 9.17) is 0 Å². The van der Waals surface area contributed by atoms with Gasteiger partial charge in [0.15, 0.2) is 0 Å². The van der Waals surface area contributed by atoms with E-state index in [9.17, 15) is 9.18 Å². The average molecular weight is 298 g/mol. The van der Waals surface area contributed by atoms with Crippen LogP contribution in [0.5, 0.6) is 0 Å². The first-order valence-corrected chi connectivity index (χ1v) is 7.51. The second-order valence-corrected chi connectivity index (χ2v) is 5.73. The fourth-order valence-electron chi connectivity index (χ4n) is 2.93. The number of nitrogens with one attached hydrogen (secondary N) is 2. The summed E-state index contributed by atoms with van der Waals surface area (Å²) in [6.07, 6.45) is 0.736. The summed E-state index contributed by atoms with van der Waals surface area (Å²) in [5.41, 5.74) is 2.52. The highest BCUT2D eigenvalue weighted by Gasteiger charge is 2.29. The van der Waals surface area contributed by atoms with E-state index < -0.39 is 0 Å². The third-order valence-electron chi connectivity index (χ3n) is 4.05. The van der Waals surface area contributed by atoms with Crippen molar-refractivity contribution in [1.82, 2.24) is 5.32 Å². The lowest BCUT2D eigenvalue weighted by Crippen LogP contribution is -2.35. The average Bonchev–Trinajstić information content (AvgIpc) is 2.53. The molecule has 2 aromatic carbocycles. The van der Waals surface area contributed by atoms with Crippen molar-refractivity contribution in [2.45, 2.75) is 31.8 Å². The molecular formula is C18H19FN2O. The monoisotopic (exact) mass is 298 g/mol. The van der Waals surface area contributed by atoms with E-state index in [2.05, 4.69) is 17.6 Å². The molecule has 0 spiro atoms. The van der Waals surface area contributed by atoms with Crippen LogP contribution in [0.2, 0.25) is 0 Å². The molecule has 3 rings (SSSR count). The van der Waals surface area contributed by atoms with Crippen LogP contribution >= 0.6 is 0 Å². The van der Waals surface area contributed by atoms with E-state index in [0.717, 1.165) is 17.7 Å². The Morgan fingerprint density at radius 3 is 2.77 bits per heavy atom. The summed E-state index contributed by atoms with van der Waals surface area (Å²) < 4.78 is 13.6. The number of anilines is 1. The Hall–Kier alpha value is -2.36. The molecule has 114 valence electrons. The summed E-state index contributed by atoms with van der Waals surface area (Å²) >= 11 is 0. The van der Waals surface area contributed by atoms with E-state index >= 15 is 0 Å². The Bertz CT molecular complexity index is 686. The van der Waals surface area contributed by atoms with Gasteiger partial charge in [0.25, 0.3) is 0 Å². The highest BCUT2D eigenvalue weighted by atomic mass is 19.1. The number of para-hydroxylation sites is 1. The number of fused-ring (bicyclic) bond motifs is 1. The van der Waals surface area contributed by atoms with Crippen molar-refractivity contribution in [2.75, 3.05) is 5.32 Å². The number of rotatable bonds is 3. The summed E-state index contributed by atoms with van der Waals surface area (Å²) in [6.45, 7) is 2.28. The first-order chi connectivity index (χ1) is 10.6. The van der Waals surface area contributed by atoms with Crippen molar-refractivity contribution in [3.05, 3.63) is 65.5 Å². The lowest BCUT2D eigenvalue weighted by Gasteiger charge is -2.30. The molecule has 2 N–H and O–H groups in total. The number of hydrogen-bond donors (Lipinski definition) is 2. The normalized spacial score (nSPS) is 19.9. The fourth-order valence-corrected chi connectivity index (χ4v) is 2.93. The zero-order valence-electron chi connectivity index (χ0n) is 12.5. The smallest absolute Gasteiger partial charge is 0.227 e. The van der Waals surface area contributed by atoms with Gasteiger partial charge in [0.05, 0.1) is 5.92 Å². The van der Waals surface area contributed by atoms with Gasteiger partial charge in [-0.2, -0.15) is 0 Å². The number of carbonyl (C=O) groups is 1. The van der Waals surface area contributed by atoms with E-state index in [1.807, 2.05) is 24.3 Å². The van der Waals surface area contributed by atoms with Gasteiger partial charge in [-0.1, -0.05) is 36.4 Å². The Kier molecular flexibility index (Phi) is 4.09. The Labute approximate surface area is 129 Å². The van der Waals surface area contributed by atoms with Crippen LogP contribution in [0.4, 0.5) is 10.1 Å². The van der Waals surface area contributed by atoms with E-state index in [0.29, 0.717) is 5.56 Å². The van der Waals surface area contributed by atoms with Gasteiger partial charge in [-0.05, 0) is 31.0 Å². The maximum Gasteiger partial charge on any atom is 0.227 e. The van der Waals surface area contributed by atoms with Crippen molar-refractivity contribution >= 4 is 11.6 Å². The van der Waals surface area contributed by atoms with E-state index in [1.165, 1.54) is 6.07 Å². The molecule has 2 unspecified atom stereocenters. The maximum atomic E-state index is 13.6. The minimum Gasteiger partial charge on any atom is -0.382 e. The number of hydrogen-bond acceptors (Lipinski definition) is 2. The first-order valence-electron chi connectivity index (χ1n) is 7.51. The van der Waals surface area contributed by atoms with Crippen LogP contribution in [0, 0.1) is 5.82 Å². The van der Waals surface area contributed by atoms with Gasteiger partial charge in [-0.3, -0.25) is 4.79 Å². The summed E-state index contributed by atoms with van der Waals surface area (Å²) in [7, 11) is 0. The zero-order chi connectivity index (χ0) is 15.5. The molecule has 0 aliphatic carbocycles. The molecule has 4 heteroatoms. The predicted molar refractivity (Wildman–Crippen MR) is 85.1 cm³/mol. The summed E-state index contributed by atoms with van der Waals surface area (Å²) in [6, 6.07) is 14.6. The Morgan fingerprint density at radius 2 is 1.95 bits per heavy atom. The molecule has 2 aromatic rings. The molecule has 1 aliphatic rings. The van der Waals surface area contributed by atoms with Crippen molar-refractivity contribution in [1.29, 1.82) is 0 Å². The third-order valence-corrected chi connectivity index (χ3v) is 4.05. The minimum atomic E-state index is -0.290. The third kappa shape index (κ3) is 2.96. The lowest BCUT2D eigenvalue weighted by molar-refractivity contribution is -0.123. The molecule has 1 aliphatic heterocycles. The van der Waals surface area contributed by atoms with Gasteiger partial charge in [0.1, 0.15) is 5.82 Å². The standard InChI is InChI=1S/C18H19FN2O/c1-12-10-15(14-7-3-5-9-17(14)21-12)18(22)20-11-13-6-2-4-8-16(13)19/h2-9,12,15,21H,10-11H2,1H3,(H,20,22). The Morgan fingerprint density at radius 1 is 1.23 bits per heavy atom. The van der Waals surface area contributed by atoms with E-state index in [-0.39, 0.29) is 30.2 Å². The molecule has 22 heavy (non-hydrogen) atoms. The summed E-state index contributed by atoms with van der Waals surface area (Å²) in [5, 5.41) is 6.25. The number of benzene rings is 2. The molecule has 0 aromatic heterocycles. The van der Waals surface area contributed by atoms with Gasteiger partial charge >= 0.3 is 0 Å². The van der Waals surface area contributed by atoms with Crippen LogP contribution in [0.1, 0.15) is 30.4 Å². The molecule has 1 amide bonds. The predicted octanol–water partition coefficient (Wildman–Crippen LogP) is 3.43. The number of halogens is 1. The van der Waals surface area contributed by atoms with Gasteiger partial charge < -0.3 is 10.6 Å². The quantitative estimate of drug-likeness (QED) is 0.911. The van der Waals surface area contributed by atoms with Crippen LogP contribution in [0.3, 0.4) is 0 Å². The molecule has 0 fully saturated rings. The molecular weight excluding hydrogens is 279 g/mol. The maximum absolute atomic E-state index is 13.6. The highest BCUT2D eigenvalue weighted by Crippen LogP contribution is 2.34. The molecule has 1 heterocycles. The molecule has 0 bridgehead atoms. The van der Waals surface area contributed by atoms with Crippen LogP contribution in [0.25, 0.3) is 0 Å².